The first kappa shape index (κ1) is 23.9. The monoisotopic (exact) mass is 462 g/mol. The van der Waals surface area contributed by atoms with Crippen molar-refractivity contribution in [1.82, 2.24) is 10.2 Å². The van der Waals surface area contributed by atoms with Crippen molar-refractivity contribution in [2.45, 2.75) is 26.3 Å². The average molecular weight is 463 g/mol. The Morgan fingerprint density at radius 2 is 1.91 bits per heavy atom. The number of nitrogens with one attached hydrogen (secondary N) is 1. The summed E-state index contributed by atoms with van der Waals surface area (Å²) in [4.78, 5) is 15.2. The van der Waals surface area contributed by atoms with E-state index in [0.717, 1.165) is 60.5 Å². The second-order valence-electron chi connectivity index (χ2n) is 8.88. The fourth-order valence-corrected chi connectivity index (χ4v) is 4.61. The number of hydrogen-bond acceptors (Lipinski definition) is 5. The van der Waals surface area contributed by atoms with Crippen LogP contribution in [0.3, 0.4) is 0 Å². The summed E-state index contributed by atoms with van der Waals surface area (Å²) >= 11 is 0. The molecule has 0 spiro atoms. The van der Waals surface area contributed by atoms with Crippen molar-refractivity contribution in [3.05, 3.63) is 65.1 Å². The normalized spacial score (nSPS) is 17.8. The summed E-state index contributed by atoms with van der Waals surface area (Å²) in [6.07, 6.45) is 5.57. The Kier molecular flexibility index (Phi) is 7.91. The van der Waals surface area contributed by atoms with E-state index in [2.05, 4.69) is 35.9 Å². The van der Waals surface area contributed by atoms with Gasteiger partial charge in [-0.2, -0.15) is 0 Å². The van der Waals surface area contributed by atoms with Crippen LogP contribution in [0.1, 0.15) is 25.3 Å². The molecule has 2 aliphatic heterocycles. The van der Waals surface area contributed by atoms with Crippen LogP contribution in [0.2, 0.25) is 0 Å². The van der Waals surface area contributed by atoms with Crippen LogP contribution in [0.15, 0.2) is 49.1 Å². The van der Waals surface area contributed by atoms with E-state index in [4.69, 9.17) is 14.2 Å². The van der Waals surface area contributed by atoms with E-state index in [1.807, 2.05) is 36.4 Å². The van der Waals surface area contributed by atoms with Gasteiger partial charge in [0, 0.05) is 19.0 Å². The zero-order chi connectivity index (χ0) is 23.9. The molecule has 1 fully saturated rings. The molecule has 0 saturated carbocycles. The smallest absolute Gasteiger partial charge is 0.223 e. The number of fused-ring (bicyclic) bond motifs is 1. The molecule has 2 aliphatic rings. The molecule has 6 nitrogen and oxygen atoms in total. The van der Waals surface area contributed by atoms with Crippen LogP contribution in [-0.4, -0.2) is 50.8 Å². The van der Waals surface area contributed by atoms with Crippen LogP contribution in [0.4, 0.5) is 0 Å². The molecule has 2 heterocycles. The highest BCUT2D eigenvalue weighted by molar-refractivity contribution is 5.78. The molecule has 0 aliphatic carbocycles. The summed E-state index contributed by atoms with van der Waals surface area (Å²) < 4.78 is 16.6. The Morgan fingerprint density at radius 1 is 1.15 bits per heavy atom. The number of carbonyl (C=O) groups is 1. The molecule has 1 saturated heterocycles. The molecule has 1 amide bonds. The van der Waals surface area contributed by atoms with Gasteiger partial charge in [0.05, 0.1) is 7.11 Å². The summed E-state index contributed by atoms with van der Waals surface area (Å²) in [7, 11) is 1.69. The lowest BCUT2D eigenvalue weighted by atomic mass is 9.95. The van der Waals surface area contributed by atoms with Gasteiger partial charge < -0.3 is 19.5 Å². The standard InChI is InChI=1S/C28H34N2O4/c1-4-5-22-7-8-24(32-3)17-25(22)20(2)19-30-12-10-23(11-13-30)28(31)29-18-21-6-9-26-27(16-21)34-15-14-33-26/h4-9,16-17,23H,1,10-15,18-19H2,2-3H3,(H,29,31)/b22-5-,25-20+. The number of benzene rings is 2. The topological polar surface area (TPSA) is 60.0 Å². The highest BCUT2D eigenvalue weighted by Gasteiger charge is 2.25. The molecule has 0 radical (unpaired) electrons. The Bertz CT molecular complexity index is 1150. The number of allylic oxidation sites excluding steroid dienone is 1. The molecule has 6 heteroatoms. The van der Waals surface area contributed by atoms with Crippen LogP contribution in [-0.2, 0) is 11.3 Å². The summed E-state index contributed by atoms with van der Waals surface area (Å²) in [6.45, 7) is 10.3. The SMILES string of the molecule is C=C/C=c1/ccc(OC)c/c1=C(/C)CN1CCC(C(=O)NCc2ccc3c(c2)OCCO3)CC1. The Morgan fingerprint density at radius 3 is 2.65 bits per heavy atom. The number of piperidine rings is 1. The molecule has 0 bridgehead atoms. The lowest BCUT2D eigenvalue weighted by molar-refractivity contribution is -0.126. The van der Waals surface area contributed by atoms with Crippen molar-refractivity contribution in [2.75, 3.05) is 40.0 Å². The van der Waals surface area contributed by atoms with Crippen molar-refractivity contribution in [2.24, 2.45) is 5.92 Å². The molecule has 180 valence electrons. The van der Waals surface area contributed by atoms with Crippen LogP contribution >= 0.6 is 0 Å². The maximum atomic E-state index is 12.8. The number of ether oxygens (including phenoxy) is 3. The minimum absolute atomic E-state index is 0.0512. The van der Waals surface area contributed by atoms with Gasteiger partial charge in [0.15, 0.2) is 11.5 Å². The van der Waals surface area contributed by atoms with Gasteiger partial charge >= 0.3 is 0 Å². The second-order valence-corrected chi connectivity index (χ2v) is 8.88. The predicted octanol–water partition coefficient (Wildman–Crippen LogP) is 2.63. The zero-order valence-corrected chi connectivity index (χ0v) is 20.1. The van der Waals surface area contributed by atoms with Crippen molar-refractivity contribution in [3.8, 4) is 17.2 Å². The maximum absolute atomic E-state index is 12.8. The third kappa shape index (κ3) is 5.81. The molecular formula is C28H34N2O4. The molecule has 0 unspecified atom stereocenters. The average Bonchev–Trinajstić information content (AvgIpc) is 2.88. The first-order chi connectivity index (χ1) is 16.6. The molecule has 1 N–H and O–H groups in total. The fraction of sp³-hybridized carbons (Fsp3) is 0.393. The lowest BCUT2D eigenvalue weighted by Gasteiger charge is -2.31. The molecule has 2 aromatic rings. The number of nitrogens with zero attached hydrogens (tertiary/aromatic N) is 1. The summed E-state index contributed by atoms with van der Waals surface area (Å²) in [5, 5.41) is 5.42. The molecular weight excluding hydrogens is 428 g/mol. The molecule has 0 atom stereocenters. The Hall–Kier alpha value is -3.25. The fourth-order valence-electron chi connectivity index (χ4n) is 4.61. The van der Waals surface area contributed by atoms with Crippen LogP contribution in [0.5, 0.6) is 17.2 Å². The number of rotatable bonds is 7. The number of carbonyl (C=O) groups excluding carboxylic acids is 1. The summed E-state index contributed by atoms with van der Waals surface area (Å²) in [5.74, 6) is 2.55. The third-order valence-corrected chi connectivity index (χ3v) is 6.51. The number of likely N-dealkylation sites (tertiary alicyclic amines) is 1. The largest absolute Gasteiger partial charge is 0.497 e. The Balaban J connectivity index is 1.32. The quantitative estimate of drug-likeness (QED) is 0.686. The summed E-state index contributed by atoms with van der Waals surface area (Å²) in [5.41, 5.74) is 2.30. The van der Waals surface area contributed by atoms with Gasteiger partial charge in [-0.1, -0.05) is 36.4 Å². The van der Waals surface area contributed by atoms with Gasteiger partial charge in [0.1, 0.15) is 19.0 Å². The van der Waals surface area contributed by atoms with Crippen LogP contribution in [0.25, 0.3) is 11.6 Å². The number of amides is 1. The first-order valence-electron chi connectivity index (χ1n) is 11.9. The van der Waals surface area contributed by atoms with E-state index in [9.17, 15) is 4.79 Å². The van der Waals surface area contributed by atoms with Gasteiger partial charge in [-0.05, 0) is 73.1 Å². The van der Waals surface area contributed by atoms with Crippen molar-refractivity contribution >= 4 is 17.6 Å². The summed E-state index contributed by atoms with van der Waals surface area (Å²) in [6, 6.07) is 12.0. The number of hydrogen-bond donors (Lipinski definition) is 1. The maximum Gasteiger partial charge on any atom is 0.223 e. The predicted molar refractivity (Wildman–Crippen MR) is 134 cm³/mol. The van der Waals surface area contributed by atoms with Gasteiger partial charge in [-0.15, -0.1) is 0 Å². The zero-order valence-electron chi connectivity index (χ0n) is 20.1. The highest BCUT2D eigenvalue weighted by atomic mass is 16.6. The minimum atomic E-state index is 0.0512. The minimum Gasteiger partial charge on any atom is -0.497 e. The highest BCUT2D eigenvalue weighted by Crippen LogP contribution is 2.30. The van der Waals surface area contributed by atoms with Crippen molar-refractivity contribution in [3.63, 3.8) is 0 Å². The molecule has 2 aromatic carbocycles. The van der Waals surface area contributed by atoms with E-state index in [-0.39, 0.29) is 11.8 Å². The van der Waals surface area contributed by atoms with E-state index in [1.54, 1.807) is 7.11 Å². The van der Waals surface area contributed by atoms with Gasteiger partial charge in [-0.3, -0.25) is 9.69 Å². The molecule has 0 aromatic heterocycles. The molecule has 4 rings (SSSR count). The van der Waals surface area contributed by atoms with Gasteiger partial charge in [0.25, 0.3) is 0 Å². The van der Waals surface area contributed by atoms with Gasteiger partial charge in [-0.25, -0.2) is 0 Å². The van der Waals surface area contributed by atoms with Crippen LogP contribution in [0, 0.1) is 5.92 Å². The van der Waals surface area contributed by atoms with E-state index in [0.29, 0.717) is 19.8 Å². The lowest BCUT2D eigenvalue weighted by Crippen LogP contribution is -2.41. The van der Waals surface area contributed by atoms with Crippen molar-refractivity contribution < 1.29 is 19.0 Å². The van der Waals surface area contributed by atoms with Crippen LogP contribution < -0.4 is 30.0 Å². The number of methoxy groups -OCH3 is 1. The second kappa shape index (κ2) is 11.3. The van der Waals surface area contributed by atoms with Gasteiger partial charge in [0.2, 0.25) is 5.91 Å². The van der Waals surface area contributed by atoms with E-state index in [1.165, 1.54) is 10.8 Å². The Labute approximate surface area is 201 Å². The van der Waals surface area contributed by atoms with E-state index >= 15 is 0 Å². The van der Waals surface area contributed by atoms with Crippen molar-refractivity contribution in [1.29, 1.82) is 0 Å². The third-order valence-electron chi connectivity index (χ3n) is 6.51. The molecule has 34 heavy (non-hydrogen) atoms. The first-order valence-corrected chi connectivity index (χ1v) is 11.9. The van der Waals surface area contributed by atoms with E-state index < -0.39 is 0 Å².